The molecule has 86 valence electrons. The Morgan fingerprint density at radius 1 is 1.40 bits per heavy atom. The summed E-state index contributed by atoms with van der Waals surface area (Å²) < 4.78 is -1.92. The van der Waals surface area contributed by atoms with E-state index >= 15 is 0 Å². The monoisotopic (exact) mass is 269 g/mol. The van der Waals surface area contributed by atoms with Gasteiger partial charge in [0.25, 0.3) is 9.70 Å². The zero-order chi connectivity index (χ0) is 11.9. The molecule has 1 atom stereocenters. The third-order valence-corrected chi connectivity index (χ3v) is 2.30. The minimum atomic E-state index is -1.92. The van der Waals surface area contributed by atoms with Crippen molar-refractivity contribution >= 4 is 40.7 Å². The lowest BCUT2D eigenvalue weighted by molar-refractivity contribution is -0.120. The zero-order valence-corrected chi connectivity index (χ0v) is 10.6. The second-order valence-corrected chi connectivity index (χ2v) is 5.31. The lowest BCUT2D eigenvalue weighted by atomic mass is 10.1. The van der Waals surface area contributed by atoms with E-state index in [0.29, 0.717) is 0 Å². The normalized spacial score (nSPS) is 13.0. The molecule has 0 unspecified atom stereocenters. The molecule has 5 heteroatoms. The number of hydrogen-bond acceptors (Lipinski definition) is 1. The fourth-order valence-corrected chi connectivity index (χ4v) is 1.14. The van der Waals surface area contributed by atoms with Crippen LogP contribution < -0.4 is 5.32 Å². The molecule has 0 aliphatic carbocycles. The van der Waals surface area contributed by atoms with Crippen LogP contribution in [-0.4, -0.2) is 15.7 Å². The molecule has 0 bridgehead atoms. The van der Waals surface area contributed by atoms with Crippen molar-refractivity contribution in [3.05, 3.63) is 25.3 Å². The number of halogens is 3. The molecule has 0 saturated carbocycles. The number of alkyl halides is 3. The molecule has 0 aromatic heterocycles. The molecule has 0 saturated heterocycles. The quantitative estimate of drug-likeness (QED) is 0.447. The van der Waals surface area contributed by atoms with E-state index in [4.69, 9.17) is 34.8 Å². The van der Waals surface area contributed by atoms with Gasteiger partial charge in [-0.05, 0) is 19.3 Å². The van der Waals surface area contributed by atoms with Gasteiger partial charge in [-0.15, -0.1) is 13.2 Å². The van der Waals surface area contributed by atoms with Crippen LogP contribution in [0, 0.1) is 0 Å². The van der Waals surface area contributed by atoms with Crippen LogP contribution >= 0.6 is 34.8 Å². The first-order valence-electron chi connectivity index (χ1n) is 4.53. The highest BCUT2D eigenvalue weighted by atomic mass is 35.6. The molecule has 0 radical (unpaired) electrons. The van der Waals surface area contributed by atoms with Crippen LogP contribution in [0.4, 0.5) is 0 Å². The average molecular weight is 271 g/mol. The minimum Gasteiger partial charge on any atom is -0.346 e. The summed E-state index contributed by atoms with van der Waals surface area (Å²) in [4.78, 5) is 11.3. The van der Waals surface area contributed by atoms with Gasteiger partial charge >= 0.3 is 0 Å². The molecule has 0 aliphatic heterocycles. The van der Waals surface area contributed by atoms with Crippen molar-refractivity contribution in [2.45, 2.75) is 29.1 Å². The molecular weight excluding hydrogens is 256 g/mol. The van der Waals surface area contributed by atoms with Crippen LogP contribution in [0.15, 0.2) is 25.3 Å². The Bertz CT molecular complexity index is 235. The van der Waals surface area contributed by atoms with Crippen LogP contribution in [0.2, 0.25) is 0 Å². The maximum Gasteiger partial charge on any atom is 0.272 e. The summed E-state index contributed by atoms with van der Waals surface area (Å²) in [6.07, 6.45) is 5.98. The molecule has 0 aromatic rings. The Kier molecular flexibility index (Phi) is 7.07. The van der Waals surface area contributed by atoms with Gasteiger partial charge in [-0.2, -0.15) is 0 Å². The van der Waals surface area contributed by atoms with Gasteiger partial charge < -0.3 is 5.32 Å². The Morgan fingerprint density at radius 3 is 2.40 bits per heavy atom. The second-order valence-electron chi connectivity index (χ2n) is 3.03. The van der Waals surface area contributed by atoms with Crippen LogP contribution in [0.1, 0.15) is 19.3 Å². The smallest absolute Gasteiger partial charge is 0.272 e. The molecule has 0 spiro atoms. The highest BCUT2D eigenvalue weighted by Gasteiger charge is 2.31. The van der Waals surface area contributed by atoms with E-state index in [0.717, 1.165) is 19.3 Å². The van der Waals surface area contributed by atoms with Crippen molar-refractivity contribution in [2.24, 2.45) is 0 Å². The summed E-state index contributed by atoms with van der Waals surface area (Å²) >= 11 is 16.2. The van der Waals surface area contributed by atoms with Gasteiger partial charge in [-0.3, -0.25) is 4.79 Å². The number of nitrogens with one attached hydrogen (secondary N) is 1. The first kappa shape index (κ1) is 14.8. The highest BCUT2D eigenvalue weighted by molar-refractivity contribution is 6.76. The molecular formula is C10H14Cl3NO. The predicted molar refractivity (Wildman–Crippen MR) is 66.5 cm³/mol. The van der Waals surface area contributed by atoms with Gasteiger partial charge in [0.05, 0.1) is 0 Å². The summed E-state index contributed by atoms with van der Waals surface area (Å²) in [5.74, 6) is -0.629. The van der Waals surface area contributed by atoms with Crippen LogP contribution in [0.3, 0.4) is 0 Å². The number of carbonyl (C=O) groups is 1. The van der Waals surface area contributed by atoms with Crippen molar-refractivity contribution in [3.63, 3.8) is 0 Å². The van der Waals surface area contributed by atoms with Crippen molar-refractivity contribution in [2.75, 3.05) is 0 Å². The summed E-state index contributed by atoms with van der Waals surface area (Å²) in [5, 5.41) is 2.58. The second kappa shape index (κ2) is 7.15. The summed E-state index contributed by atoms with van der Waals surface area (Å²) in [6, 6.07) is -0.173. The third kappa shape index (κ3) is 6.82. The van der Waals surface area contributed by atoms with E-state index in [1.165, 1.54) is 0 Å². The number of hydrogen-bond donors (Lipinski definition) is 1. The van der Waals surface area contributed by atoms with Gasteiger partial charge in [0.2, 0.25) is 0 Å². The van der Waals surface area contributed by atoms with Gasteiger partial charge in [0.1, 0.15) is 0 Å². The van der Waals surface area contributed by atoms with Gasteiger partial charge in [0.15, 0.2) is 0 Å². The number of amides is 1. The van der Waals surface area contributed by atoms with E-state index in [1.54, 1.807) is 6.08 Å². The number of unbranched alkanes of at least 4 members (excludes halogenated alkanes) is 1. The van der Waals surface area contributed by atoms with Crippen molar-refractivity contribution in [1.29, 1.82) is 0 Å². The molecule has 0 rings (SSSR count). The van der Waals surface area contributed by atoms with Crippen molar-refractivity contribution in [3.8, 4) is 0 Å². The molecule has 0 fully saturated rings. The molecule has 1 N–H and O–H groups in total. The molecule has 0 aliphatic rings. The predicted octanol–water partition coefficient (Wildman–Crippen LogP) is 3.38. The first-order valence-corrected chi connectivity index (χ1v) is 5.66. The fraction of sp³-hybridized carbons (Fsp3) is 0.500. The maximum atomic E-state index is 11.3. The molecule has 2 nitrogen and oxygen atoms in total. The van der Waals surface area contributed by atoms with Crippen LogP contribution in [0.5, 0.6) is 0 Å². The minimum absolute atomic E-state index is 0.173. The Labute approximate surface area is 105 Å². The lowest BCUT2D eigenvalue weighted by Crippen LogP contribution is -2.40. The van der Waals surface area contributed by atoms with E-state index in [9.17, 15) is 4.79 Å². The van der Waals surface area contributed by atoms with Crippen molar-refractivity contribution in [1.82, 2.24) is 5.32 Å². The largest absolute Gasteiger partial charge is 0.346 e. The molecule has 0 aromatic carbocycles. The summed E-state index contributed by atoms with van der Waals surface area (Å²) in [6.45, 7) is 7.21. The van der Waals surface area contributed by atoms with Crippen LogP contribution in [-0.2, 0) is 4.79 Å². The summed E-state index contributed by atoms with van der Waals surface area (Å²) in [5.41, 5.74) is 0. The van der Waals surface area contributed by atoms with E-state index in [-0.39, 0.29) is 6.04 Å². The standard InChI is InChI=1S/C10H14Cl3NO/c1-3-5-6-7-8(4-2)14-9(15)10(11,12)13/h3-4,8H,1-2,5-7H2,(H,14,15)/t8-/m1/s1. The highest BCUT2D eigenvalue weighted by Crippen LogP contribution is 2.26. The van der Waals surface area contributed by atoms with E-state index in [1.807, 2.05) is 6.08 Å². The molecule has 15 heavy (non-hydrogen) atoms. The Morgan fingerprint density at radius 2 is 2.00 bits per heavy atom. The van der Waals surface area contributed by atoms with Gasteiger partial charge in [0, 0.05) is 6.04 Å². The third-order valence-electron chi connectivity index (χ3n) is 1.78. The molecule has 1 amide bonds. The Hall–Kier alpha value is -0.180. The fourth-order valence-electron chi connectivity index (χ4n) is 0.981. The average Bonchev–Trinajstić information content (AvgIpc) is 2.14. The van der Waals surface area contributed by atoms with E-state index < -0.39 is 9.70 Å². The topological polar surface area (TPSA) is 29.1 Å². The summed E-state index contributed by atoms with van der Waals surface area (Å²) in [7, 11) is 0. The maximum absolute atomic E-state index is 11.3. The van der Waals surface area contributed by atoms with Crippen LogP contribution in [0.25, 0.3) is 0 Å². The van der Waals surface area contributed by atoms with Gasteiger partial charge in [-0.25, -0.2) is 0 Å². The SMILES string of the molecule is C=CCCC[C@@H](C=C)NC(=O)C(Cl)(Cl)Cl. The first-order chi connectivity index (χ1) is 6.91. The lowest BCUT2D eigenvalue weighted by Gasteiger charge is -2.17. The van der Waals surface area contributed by atoms with Gasteiger partial charge in [-0.1, -0.05) is 47.0 Å². The number of allylic oxidation sites excluding steroid dienone is 1. The van der Waals surface area contributed by atoms with E-state index in [2.05, 4.69) is 18.5 Å². The zero-order valence-electron chi connectivity index (χ0n) is 8.31. The number of rotatable bonds is 6. The number of carbonyl (C=O) groups excluding carboxylic acids is 1. The Balaban J connectivity index is 4.04. The molecule has 0 heterocycles. The van der Waals surface area contributed by atoms with Crippen molar-refractivity contribution < 1.29 is 4.79 Å².